The van der Waals surface area contributed by atoms with Gasteiger partial charge in [0.2, 0.25) is 0 Å². The van der Waals surface area contributed by atoms with E-state index in [4.69, 9.17) is 4.74 Å². The molecule has 1 N–H and O–H groups in total. The smallest absolute Gasteiger partial charge is 0.315 e. The molecule has 0 radical (unpaired) electrons. The van der Waals surface area contributed by atoms with Gasteiger partial charge in [-0.2, -0.15) is 0 Å². The van der Waals surface area contributed by atoms with E-state index in [2.05, 4.69) is 0 Å². The predicted molar refractivity (Wildman–Crippen MR) is 57.4 cm³/mol. The summed E-state index contributed by atoms with van der Waals surface area (Å²) in [7, 11) is 0. The van der Waals surface area contributed by atoms with Crippen molar-refractivity contribution in [3.05, 3.63) is 0 Å². The van der Waals surface area contributed by atoms with E-state index in [-0.39, 0.29) is 17.3 Å². The first-order valence-corrected chi connectivity index (χ1v) is 6.24. The Morgan fingerprint density at radius 3 is 2.86 bits per heavy atom. The maximum Gasteiger partial charge on any atom is 0.315 e. The van der Waals surface area contributed by atoms with Gasteiger partial charge in [-0.1, -0.05) is 12.8 Å². The van der Waals surface area contributed by atoms with Crippen molar-refractivity contribution in [1.29, 1.82) is 0 Å². The van der Waals surface area contributed by atoms with Crippen LogP contribution >= 0.6 is 11.8 Å². The van der Waals surface area contributed by atoms with Crippen LogP contribution in [0.3, 0.4) is 0 Å². The molecule has 1 aliphatic rings. The molecule has 14 heavy (non-hydrogen) atoms. The Hall–Kier alpha value is -0.220. The van der Waals surface area contributed by atoms with Crippen molar-refractivity contribution in [2.75, 3.05) is 12.4 Å². The third-order valence-electron chi connectivity index (χ3n) is 2.39. The standard InChI is InChI=1S/C10H18O3S/c1-2-13-10(12)7-14-9-6-4-3-5-8(9)11/h8-9,11H,2-7H2,1H3. The van der Waals surface area contributed by atoms with Crippen LogP contribution < -0.4 is 0 Å². The minimum absolute atomic E-state index is 0.171. The molecular weight excluding hydrogens is 200 g/mol. The Kier molecular flexibility index (Phi) is 5.33. The van der Waals surface area contributed by atoms with E-state index >= 15 is 0 Å². The van der Waals surface area contributed by atoms with Gasteiger partial charge >= 0.3 is 5.97 Å². The third kappa shape index (κ3) is 3.88. The Bertz CT molecular complexity index is 184. The fraction of sp³-hybridized carbons (Fsp3) is 0.900. The van der Waals surface area contributed by atoms with Gasteiger partial charge in [-0.25, -0.2) is 0 Å². The topological polar surface area (TPSA) is 46.5 Å². The highest BCUT2D eigenvalue weighted by atomic mass is 32.2. The predicted octanol–water partition coefficient (Wildman–Crippen LogP) is 1.59. The summed E-state index contributed by atoms with van der Waals surface area (Å²) in [5.74, 6) is 0.200. The van der Waals surface area contributed by atoms with Crippen LogP contribution in [0.2, 0.25) is 0 Å². The maximum absolute atomic E-state index is 11.1. The number of carbonyl (C=O) groups excluding carboxylic acids is 1. The van der Waals surface area contributed by atoms with Crippen LogP contribution in [-0.4, -0.2) is 34.8 Å². The summed E-state index contributed by atoms with van der Waals surface area (Å²) in [4.78, 5) is 11.1. The molecule has 0 aromatic rings. The lowest BCUT2D eigenvalue weighted by Gasteiger charge is -2.26. The Morgan fingerprint density at radius 1 is 1.50 bits per heavy atom. The van der Waals surface area contributed by atoms with E-state index in [0.717, 1.165) is 25.7 Å². The maximum atomic E-state index is 11.1. The molecule has 0 aromatic carbocycles. The molecule has 0 heterocycles. The summed E-state index contributed by atoms with van der Waals surface area (Å²) < 4.78 is 4.83. The quantitative estimate of drug-likeness (QED) is 0.728. The lowest BCUT2D eigenvalue weighted by atomic mass is 9.97. The normalized spacial score (nSPS) is 27.3. The second-order valence-electron chi connectivity index (χ2n) is 3.51. The van der Waals surface area contributed by atoms with Crippen LogP contribution in [0.25, 0.3) is 0 Å². The number of thioether (sulfide) groups is 1. The van der Waals surface area contributed by atoms with Gasteiger partial charge in [-0.3, -0.25) is 4.79 Å². The van der Waals surface area contributed by atoms with Crippen LogP contribution in [0.4, 0.5) is 0 Å². The van der Waals surface area contributed by atoms with Crippen molar-refractivity contribution >= 4 is 17.7 Å². The number of aliphatic hydroxyl groups is 1. The lowest BCUT2D eigenvalue weighted by Crippen LogP contribution is -2.28. The van der Waals surface area contributed by atoms with Crippen molar-refractivity contribution in [1.82, 2.24) is 0 Å². The lowest BCUT2D eigenvalue weighted by molar-refractivity contribution is -0.139. The highest BCUT2D eigenvalue weighted by Gasteiger charge is 2.24. The highest BCUT2D eigenvalue weighted by Crippen LogP contribution is 2.28. The molecule has 4 heteroatoms. The zero-order valence-corrected chi connectivity index (χ0v) is 9.39. The molecule has 0 amide bonds. The average Bonchev–Trinajstić information content (AvgIpc) is 2.17. The van der Waals surface area contributed by atoms with Gasteiger partial charge in [0.25, 0.3) is 0 Å². The highest BCUT2D eigenvalue weighted by molar-refractivity contribution is 8.00. The number of hydrogen-bond acceptors (Lipinski definition) is 4. The Labute approximate surface area is 89.2 Å². The molecule has 2 unspecified atom stereocenters. The van der Waals surface area contributed by atoms with Crippen molar-refractivity contribution in [3.8, 4) is 0 Å². The Morgan fingerprint density at radius 2 is 2.21 bits per heavy atom. The molecule has 1 aliphatic carbocycles. The number of rotatable bonds is 4. The summed E-state index contributed by atoms with van der Waals surface area (Å²) in [5.41, 5.74) is 0. The molecule has 0 saturated heterocycles. The molecule has 1 fully saturated rings. The largest absolute Gasteiger partial charge is 0.465 e. The fourth-order valence-corrected chi connectivity index (χ4v) is 2.77. The third-order valence-corrected chi connectivity index (χ3v) is 3.77. The summed E-state index contributed by atoms with van der Waals surface area (Å²) in [6.45, 7) is 2.24. The molecule has 1 rings (SSSR count). The molecule has 1 saturated carbocycles. The van der Waals surface area contributed by atoms with Crippen LogP contribution in [0.15, 0.2) is 0 Å². The minimum Gasteiger partial charge on any atom is -0.465 e. The first-order chi connectivity index (χ1) is 6.74. The van der Waals surface area contributed by atoms with Gasteiger partial charge in [0.15, 0.2) is 0 Å². The molecule has 82 valence electrons. The molecule has 0 bridgehead atoms. The number of esters is 1. The average molecular weight is 218 g/mol. The number of ether oxygens (including phenoxy) is 1. The van der Waals surface area contributed by atoms with Crippen LogP contribution in [0.5, 0.6) is 0 Å². The van der Waals surface area contributed by atoms with E-state index in [1.165, 1.54) is 11.8 Å². The van der Waals surface area contributed by atoms with E-state index in [0.29, 0.717) is 12.4 Å². The summed E-state index contributed by atoms with van der Waals surface area (Å²) >= 11 is 1.53. The van der Waals surface area contributed by atoms with Crippen LogP contribution in [0, 0.1) is 0 Å². The molecule has 0 aliphatic heterocycles. The van der Waals surface area contributed by atoms with Crippen LogP contribution in [-0.2, 0) is 9.53 Å². The minimum atomic E-state index is -0.233. The van der Waals surface area contributed by atoms with Gasteiger partial charge in [-0.05, 0) is 19.8 Å². The second kappa shape index (κ2) is 6.30. The SMILES string of the molecule is CCOC(=O)CSC1CCCCC1O. The van der Waals surface area contributed by atoms with Crippen molar-refractivity contribution < 1.29 is 14.6 Å². The summed E-state index contributed by atoms with van der Waals surface area (Å²) in [5, 5.41) is 9.87. The molecular formula is C10H18O3S. The van der Waals surface area contributed by atoms with Gasteiger partial charge < -0.3 is 9.84 Å². The van der Waals surface area contributed by atoms with E-state index in [1.54, 1.807) is 6.92 Å². The number of carbonyl (C=O) groups is 1. The fourth-order valence-electron chi connectivity index (χ4n) is 1.65. The van der Waals surface area contributed by atoms with E-state index in [9.17, 15) is 9.90 Å². The van der Waals surface area contributed by atoms with E-state index < -0.39 is 0 Å². The van der Waals surface area contributed by atoms with Gasteiger partial charge in [0, 0.05) is 5.25 Å². The van der Waals surface area contributed by atoms with Gasteiger partial charge in [-0.15, -0.1) is 11.8 Å². The van der Waals surface area contributed by atoms with Gasteiger partial charge in [0.05, 0.1) is 18.5 Å². The first kappa shape index (κ1) is 11.9. The summed E-state index contributed by atoms with van der Waals surface area (Å²) in [6.07, 6.45) is 3.93. The zero-order valence-electron chi connectivity index (χ0n) is 8.57. The van der Waals surface area contributed by atoms with Gasteiger partial charge in [0.1, 0.15) is 0 Å². The van der Waals surface area contributed by atoms with Crippen molar-refractivity contribution in [2.45, 2.75) is 44.0 Å². The first-order valence-electron chi connectivity index (χ1n) is 5.19. The van der Waals surface area contributed by atoms with Crippen LogP contribution in [0.1, 0.15) is 32.6 Å². The molecule has 0 aromatic heterocycles. The second-order valence-corrected chi connectivity index (χ2v) is 4.73. The Balaban J connectivity index is 2.19. The summed E-state index contributed by atoms with van der Waals surface area (Å²) in [6, 6.07) is 0. The van der Waals surface area contributed by atoms with Crippen molar-refractivity contribution in [3.63, 3.8) is 0 Å². The zero-order chi connectivity index (χ0) is 10.4. The van der Waals surface area contributed by atoms with Crippen molar-refractivity contribution in [2.24, 2.45) is 0 Å². The monoisotopic (exact) mass is 218 g/mol. The number of hydrogen-bond donors (Lipinski definition) is 1. The van der Waals surface area contributed by atoms with E-state index in [1.807, 2.05) is 0 Å². The molecule has 3 nitrogen and oxygen atoms in total. The molecule has 0 spiro atoms. The number of aliphatic hydroxyl groups excluding tert-OH is 1. The molecule has 2 atom stereocenters.